The first-order valence-corrected chi connectivity index (χ1v) is 11.7. The number of ether oxygens (including phenoxy) is 2. The van der Waals surface area contributed by atoms with E-state index >= 15 is 0 Å². The molecule has 0 amide bonds. The molecule has 0 bridgehead atoms. The van der Waals surface area contributed by atoms with Gasteiger partial charge in [-0.15, -0.1) is 0 Å². The van der Waals surface area contributed by atoms with Crippen LogP contribution in [0, 0.1) is 0 Å². The van der Waals surface area contributed by atoms with Gasteiger partial charge in [-0.2, -0.15) is 0 Å². The van der Waals surface area contributed by atoms with Crippen molar-refractivity contribution in [3.8, 4) is 11.5 Å². The summed E-state index contributed by atoms with van der Waals surface area (Å²) in [5.41, 5.74) is 5.87. The number of methoxy groups -OCH3 is 2. The number of ketones is 1. The topological polar surface area (TPSA) is 59.6 Å². The molecule has 5 rings (SSSR count). The van der Waals surface area contributed by atoms with Crippen LogP contribution in [0.2, 0.25) is 0 Å². The third-order valence-corrected chi connectivity index (χ3v) is 7.03. The van der Waals surface area contributed by atoms with E-state index in [9.17, 15) is 4.79 Å². The fourth-order valence-electron chi connectivity index (χ4n) is 4.72. The molecule has 1 aliphatic heterocycles. The smallest absolute Gasteiger partial charge is 0.163 e. The van der Waals surface area contributed by atoms with E-state index in [2.05, 4.69) is 38.7 Å². The van der Waals surface area contributed by atoms with Crippen molar-refractivity contribution in [2.75, 3.05) is 24.9 Å². The van der Waals surface area contributed by atoms with E-state index in [-0.39, 0.29) is 17.7 Å². The van der Waals surface area contributed by atoms with Crippen molar-refractivity contribution in [2.24, 2.45) is 0 Å². The Bertz CT molecular complexity index is 1240. The van der Waals surface area contributed by atoms with Crippen LogP contribution in [0.4, 0.5) is 11.4 Å². The van der Waals surface area contributed by atoms with Gasteiger partial charge >= 0.3 is 0 Å². The Morgan fingerprint density at radius 3 is 2.30 bits per heavy atom. The number of rotatable bonds is 4. The molecule has 3 aromatic rings. The van der Waals surface area contributed by atoms with Gasteiger partial charge in [-0.1, -0.05) is 30.3 Å². The third-order valence-electron chi connectivity index (χ3n) is 6.41. The van der Waals surface area contributed by atoms with Crippen LogP contribution in [0.5, 0.6) is 11.5 Å². The normalized spacial score (nSPS) is 19.5. The van der Waals surface area contributed by atoms with Crippen molar-refractivity contribution in [2.45, 2.75) is 24.8 Å². The Morgan fingerprint density at radius 2 is 1.61 bits per heavy atom. The molecule has 5 nitrogen and oxygen atoms in total. The zero-order valence-corrected chi connectivity index (χ0v) is 20.1. The second-order valence-electron chi connectivity index (χ2n) is 8.34. The van der Waals surface area contributed by atoms with Crippen LogP contribution in [0.3, 0.4) is 0 Å². The molecule has 3 aromatic carbocycles. The minimum atomic E-state index is -0.261. The largest absolute Gasteiger partial charge is 0.497 e. The van der Waals surface area contributed by atoms with Crippen molar-refractivity contribution < 1.29 is 14.3 Å². The van der Waals surface area contributed by atoms with Gasteiger partial charge in [-0.3, -0.25) is 4.79 Å². The number of benzene rings is 3. The van der Waals surface area contributed by atoms with Gasteiger partial charge in [0.25, 0.3) is 0 Å². The lowest BCUT2D eigenvalue weighted by atomic mass is 9.78. The van der Waals surface area contributed by atoms with Crippen molar-refractivity contribution >= 4 is 33.1 Å². The molecule has 0 radical (unpaired) electrons. The van der Waals surface area contributed by atoms with Crippen LogP contribution in [0.1, 0.15) is 35.9 Å². The highest BCUT2D eigenvalue weighted by molar-refractivity contribution is 9.10. The van der Waals surface area contributed by atoms with Crippen molar-refractivity contribution in [3.63, 3.8) is 0 Å². The van der Waals surface area contributed by atoms with Gasteiger partial charge in [0, 0.05) is 17.7 Å². The molecule has 2 aliphatic rings. The van der Waals surface area contributed by atoms with E-state index in [0.717, 1.165) is 56.2 Å². The molecule has 1 heterocycles. The Hall–Kier alpha value is -3.25. The van der Waals surface area contributed by atoms with Gasteiger partial charge < -0.3 is 20.1 Å². The predicted molar refractivity (Wildman–Crippen MR) is 134 cm³/mol. The summed E-state index contributed by atoms with van der Waals surface area (Å²) in [4.78, 5) is 13.6. The zero-order valence-electron chi connectivity index (χ0n) is 18.5. The number of halogens is 1. The number of para-hydroxylation sites is 2. The molecule has 1 aliphatic carbocycles. The molecule has 0 saturated heterocycles. The van der Waals surface area contributed by atoms with Gasteiger partial charge in [-0.25, -0.2) is 0 Å². The van der Waals surface area contributed by atoms with E-state index in [0.29, 0.717) is 6.42 Å². The number of Topliss-reactive ketones (excluding diaryl/α,β-unsaturated/α-hetero) is 1. The molecule has 0 spiro atoms. The molecule has 2 N–H and O–H groups in total. The van der Waals surface area contributed by atoms with Crippen LogP contribution in [-0.2, 0) is 4.79 Å². The molecule has 2 atom stereocenters. The van der Waals surface area contributed by atoms with E-state index in [1.165, 1.54) is 0 Å². The number of allylic oxidation sites excluding steroid dienone is 1. The number of anilines is 2. The van der Waals surface area contributed by atoms with Crippen LogP contribution in [0.25, 0.3) is 0 Å². The van der Waals surface area contributed by atoms with Gasteiger partial charge in [0.15, 0.2) is 5.78 Å². The molecule has 0 saturated carbocycles. The lowest BCUT2D eigenvalue weighted by Gasteiger charge is -2.30. The second kappa shape index (κ2) is 8.94. The van der Waals surface area contributed by atoms with E-state index in [1.54, 1.807) is 14.2 Å². The standard InChI is InChI=1S/C27H25BrN2O3/c1-32-19-10-7-16(8-11-19)18-14-23-26(24(31)15-18)27(17-9-12-25(33-2)20(28)13-17)30-22-6-4-3-5-21(22)29-23/h3-13,18,27,29-30H,14-15H2,1-2H3/t18-,27+/m1/s1. The monoisotopic (exact) mass is 504 g/mol. The average molecular weight is 505 g/mol. The Morgan fingerprint density at radius 1 is 0.879 bits per heavy atom. The third kappa shape index (κ3) is 4.11. The highest BCUT2D eigenvalue weighted by Crippen LogP contribution is 2.45. The molecular formula is C27H25BrN2O3. The number of hydrogen-bond donors (Lipinski definition) is 2. The first-order valence-electron chi connectivity index (χ1n) is 10.9. The highest BCUT2D eigenvalue weighted by atomic mass is 79.9. The lowest BCUT2D eigenvalue weighted by molar-refractivity contribution is -0.116. The molecule has 168 valence electrons. The highest BCUT2D eigenvalue weighted by Gasteiger charge is 2.36. The van der Waals surface area contributed by atoms with Crippen molar-refractivity contribution in [1.29, 1.82) is 0 Å². The number of nitrogens with one attached hydrogen (secondary N) is 2. The number of fused-ring (bicyclic) bond motifs is 1. The van der Waals surface area contributed by atoms with E-state index < -0.39 is 0 Å². The van der Waals surface area contributed by atoms with Crippen LogP contribution in [0.15, 0.2) is 82.5 Å². The maximum absolute atomic E-state index is 13.6. The number of carbonyl (C=O) groups is 1. The van der Waals surface area contributed by atoms with Crippen molar-refractivity contribution in [1.82, 2.24) is 0 Å². The van der Waals surface area contributed by atoms with Crippen LogP contribution in [-0.4, -0.2) is 20.0 Å². The van der Waals surface area contributed by atoms with Crippen molar-refractivity contribution in [3.05, 3.63) is 93.6 Å². The zero-order chi connectivity index (χ0) is 22.9. The predicted octanol–water partition coefficient (Wildman–Crippen LogP) is 6.45. The Kier molecular flexibility index (Phi) is 5.85. The summed E-state index contributed by atoms with van der Waals surface area (Å²) < 4.78 is 11.6. The molecule has 33 heavy (non-hydrogen) atoms. The summed E-state index contributed by atoms with van der Waals surface area (Å²) in [6.07, 6.45) is 1.23. The number of hydrogen-bond acceptors (Lipinski definition) is 5. The molecular weight excluding hydrogens is 480 g/mol. The summed E-state index contributed by atoms with van der Waals surface area (Å²) in [5.74, 6) is 1.84. The summed E-state index contributed by atoms with van der Waals surface area (Å²) in [5, 5.41) is 7.21. The van der Waals surface area contributed by atoms with Crippen LogP contribution < -0.4 is 20.1 Å². The summed E-state index contributed by atoms with van der Waals surface area (Å²) in [6, 6.07) is 21.8. The Labute approximate surface area is 201 Å². The lowest BCUT2D eigenvalue weighted by Crippen LogP contribution is -2.26. The first kappa shape index (κ1) is 21.6. The fourth-order valence-corrected chi connectivity index (χ4v) is 5.27. The van der Waals surface area contributed by atoms with Gasteiger partial charge in [-0.05, 0) is 75.8 Å². The maximum Gasteiger partial charge on any atom is 0.163 e. The molecule has 0 aromatic heterocycles. The maximum atomic E-state index is 13.6. The quantitative estimate of drug-likeness (QED) is 0.427. The SMILES string of the molecule is COc1ccc([C@H]2CC(=O)C3=C(C2)Nc2ccccc2N[C@H]3c2ccc(OC)c(Br)c2)cc1. The van der Waals surface area contributed by atoms with Gasteiger partial charge in [0.2, 0.25) is 0 Å². The van der Waals surface area contributed by atoms with E-state index in [4.69, 9.17) is 9.47 Å². The number of carbonyl (C=O) groups excluding carboxylic acids is 1. The summed E-state index contributed by atoms with van der Waals surface area (Å²) >= 11 is 3.60. The van der Waals surface area contributed by atoms with Gasteiger partial charge in [0.05, 0.1) is 36.1 Å². The first-order chi connectivity index (χ1) is 16.1. The van der Waals surface area contributed by atoms with E-state index in [1.807, 2.05) is 54.6 Å². The van der Waals surface area contributed by atoms with Gasteiger partial charge in [0.1, 0.15) is 11.5 Å². The van der Waals surface area contributed by atoms with Crippen LogP contribution >= 0.6 is 15.9 Å². The summed E-state index contributed by atoms with van der Waals surface area (Å²) in [6.45, 7) is 0. The summed E-state index contributed by atoms with van der Waals surface area (Å²) in [7, 11) is 3.31. The minimum Gasteiger partial charge on any atom is -0.497 e. The molecule has 6 heteroatoms. The molecule has 0 unspecified atom stereocenters. The average Bonchev–Trinajstić information content (AvgIpc) is 3.01. The fraction of sp³-hybridized carbons (Fsp3) is 0.222. The molecule has 0 fully saturated rings. The second-order valence-corrected chi connectivity index (χ2v) is 9.19. The Balaban J connectivity index is 1.58. The minimum absolute atomic E-state index is 0.114.